The lowest BCUT2D eigenvalue weighted by molar-refractivity contribution is -0.129. The van der Waals surface area contributed by atoms with Gasteiger partial charge in [-0.25, -0.2) is 0 Å². The first-order valence-electron chi connectivity index (χ1n) is 6.34. The third-order valence-corrected chi connectivity index (χ3v) is 3.35. The summed E-state index contributed by atoms with van der Waals surface area (Å²) in [5.74, 6) is -0.0699. The number of rotatable bonds is 3. The number of alkyl halides is 1. The van der Waals surface area contributed by atoms with Gasteiger partial charge in [-0.2, -0.15) is 0 Å². The average molecular weight is 268 g/mol. The van der Waals surface area contributed by atoms with Crippen LogP contribution in [0.15, 0.2) is 24.3 Å². The molecule has 1 saturated heterocycles. The Morgan fingerprint density at radius 3 is 2.89 bits per heavy atom. The van der Waals surface area contributed by atoms with E-state index in [0.29, 0.717) is 6.61 Å². The first-order chi connectivity index (χ1) is 8.68. The number of carbonyl (C=O) groups is 1. The highest BCUT2D eigenvalue weighted by molar-refractivity contribution is 6.21. The van der Waals surface area contributed by atoms with Crippen molar-refractivity contribution in [2.45, 2.75) is 37.7 Å². The van der Waals surface area contributed by atoms with Crippen molar-refractivity contribution >= 4 is 23.2 Å². The third-order valence-electron chi connectivity index (χ3n) is 3.12. The van der Waals surface area contributed by atoms with E-state index >= 15 is 0 Å². The highest BCUT2D eigenvalue weighted by Gasteiger charge is 2.22. The Bertz CT molecular complexity index is 414. The van der Waals surface area contributed by atoms with Crippen molar-refractivity contribution in [2.24, 2.45) is 0 Å². The Kier molecular flexibility index (Phi) is 4.61. The molecule has 0 radical (unpaired) electrons. The molecule has 0 bridgehead atoms. The summed E-state index contributed by atoms with van der Waals surface area (Å²) < 4.78 is 5.47. The van der Waals surface area contributed by atoms with Gasteiger partial charge in [-0.05, 0) is 37.8 Å². The first-order valence-corrected chi connectivity index (χ1v) is 6.77. The zero-order valence-corrected chi connectivity index (χ0v) is 11.2. The van der Waals surface area contributed by atoms with Crippen molar-refractivity contribution < 1.29 is 9.53 Å². The SMILES string of the molecule is CC(Cl)c1ccccc1NC(=O)C1CCCCO1. The zero-order chi connectivity index (χ0) is 13.0. The van der Waals surface area contributed by atoms with Crippen molar-refractivity contribution in [1.29, 1.82) is 0 Å². The predicted octanol–water partition coefficient (Wildman–Crippen LogP) is 3.49. The number of hydrogen-bond acceptors (Lipinski definition) is 2. The van der Waals surface area contributed by atoms with Gasteiger partial charge in [-0.15, -0.1) is 11.6 Å². The summed E-state index contributed by atoms with van der Waals surface area (Å²) in [4.78, 5) is 12.1. The fourth-order valence-electron chi connectivity index (χ4n) is 2.12. The van der Waals surface area contributed by atoms with E-state index in [1.54, 1.807) is 0 Å². The van der Waals surface area contributed by atoms with Crippen LogP contribution in [-0.2, 0) is 9.53 Å². The van der Waals surface area contributed by atoms with E-state index in [1.807, 2.05) is 31.2 Å². The van der Waals surface area contributed by atoms with Crippen LogP contribution in [0.5, 0.6) is 0 Å². The fourth-order valence-corrected chi connectivity index (χ4v) is 2.31. The normalized spacial score (nSPS) is 21.3. The molecular weight excluding hydrogens is 250 g/mol. The molecule has 4 heteroatoms. The minimum atomic E-state index is -0.322. The molecule has 2 atom stereocenters. The molecule has 0 saturated carbocycles. The Labute approximate surface area is 112 Å². The Morgan fingerprint density at radius 2 is 2.22 bits per heavy atom. The van der Waals surface area contributed by atoms with Gasteiger partial charge in [0.25, 0.3) is 5.91 Å². The van der Waals surface area contributed by atoms with Crippen LogP contribution in [0.4, 0.5) is 5.69 Å². The molecule has 0 aromatic heterocycles. The van der Waals surface area contributed by atoms with Gasteiger partial charge >= 0.3 is 0 Å². The second kappa shape index (κ2) is 6.21. The summed E-state index contributed by atoms with van der Waals surface area (Å²) in [7, 11) is 0. The lowest BCUT2D eigenvalue weighted by atomic mass is 10.1. The summed E-state index contributed by atoms with van der Waals surface area (Å²) in [6.45, 7) is 2.56. The van der Waals surface area contributed by atoms with Gasteiger partial charge in [0.05, 0.1) is 5.38 Å². The second-order valence-electron chi connectivity index (χ2n) is 4.55. The quantitative estimate of drug-likeness (QED) is 0.852. The minimum Gasteiger partial charge on any atom is -0.368 e. The minimum absolute atomic E-state index is 0.0699. The maximum Gasteiger partial charge on any atom is 0.253 e. The largest absolute Gasteiger partial charge is 0.368 e. The van der Waals surface area contributed by atoms with E-state index in [0.717, 1.165) is 30.5 Å². The second-order valence-corrected chi connectivity index (χ2v) is 5.20. The Balaban J connectivity index is 2.06. The van der Waals surface area contributed by atoms with Crippen LogP contribution in [0.1, 0.15) is 37.1 Å². The van der Waals surface area contributed by atoms with Gasteiger partial charge in [-0.1, -0.05) is 18.2 Å². The molecule has 0 aliphatic carbocycles. The lowest BCUT2D eigenvalue weighted by Gasteiger charge is -2.22. The molecule has 1 aromatic rings. The van der Waals surface area contributed by atoms with Crippen LogP contribution in [-0.4, -0.2) is 18.6 Å². The van der Waals surface area contributed by atoms with Crippen molar-refractivity contribution in [3.63, 3.8) is 0 Å². The number of halogens is 1. The monoisotopic (exact) mass is 267 g/mol. The van der Waals surface area contributed by atoms with E-state index in [-0.39, 0.29) is 17.4 Å². The number of benzene rings is 1. The summed E-state index contributed by atoms with van der Waals surface area (Å²) in [6, 6.07) is 7.60. The molecule has 0 spiro atoms. The highest BCUT2D eigenvalue weighted by Crippen LogP contribution is 2.27. The smallest absolute Gasteiger partial charge is 0.253 e. The molecule has 1 aliphatic heterocycles. The summed E-state index contributed by atoms with van der Waals surface area (Å²) >= 11 is 6.09. The van der Waals surface area contributed by atoms with Gasteiger partial charge in [0.1, 0.15) is 6.10 Å². The van der Waals surface area contributed by atoms with Crippen LogP contribution >= 0.6 is 11.6 Å². The fraction of sp³-hybridized carbons (Fsp3) is 0.500. The highest BCUT2D eigenvalue weighted by atomic mass is 35.5. The predicted molar refractivity (Wildman–Crippen MR) is 72.9 cm³/mol. The lowest BCUT2D eigenvalue weighted by Crippen LogP contribution is -2.33. The summed E-state index contributed by atoms with van der Waals surface area (Å²) in [6.07, 6.45) is 2.56. The van der Waals surface area contributed by atoms with Crippen molar-refractivity contribution in [2.75, 3.05) is 11.9 Å². The van der Waals surface area contributed by atoms with Crippen LogP contribution in [0, 0.1) is 0 Å². The molecule has 98 valence electrons. The third kappa shape index (κ3) is 3.24. The van der Waals surface area contributed by atoms with Crippen LogP contribution in [0.25, 0.3) is 0 Å². The number of amides is 1. The summed E-state index contributed by atoms with van der Waals surface area (Å²) in [5, 5.41) is 2.78. The van der Waals surface area contributed by atoms with Crippen molar-refractivity contribution in [1.82, 2.24) is 0 Å². The van der Waals surface area contributed by atoms with E-state index in [1.165, 1.54) is 0 Å². The van der Waals surface area contributed by atoms with Crippen molar-refractivity contribution in [3.8, 4) is 0 Å². The molecule has 1 N–H and O–H groups in total. The number of para-hydroxylation sites is 1. The van der Waals surface area contributed by atoms with E-state index < -0.39 is 0 Å². The van der Waals surface area contributed by atoms with Crippen molar-refractivity contribution in [3.05, 3.63) is 29.8 Å². The van der Waals surface area contributed by atoms with Gasteiger partial charge in [-0.3, -0.25) is 4.79 Å². The number of ether oxygens (including phenoxy) is 1. The van der Waals surface area contributed by atoms with Gasteiger partial charge in [0.15, 0.2) is 0 Å². The van der Waals surface area contributed by atoms with E-state index in [9.17, 15) is 4.79 Å². The molecule has 18 heavy (non-hydrogen) atoms. The maximum absolute atomic E-state index is 12.1. The van der Waals surface area contributed by atoms with Gasteiger partial charge in [0, 0.05) is 12.3 Å². The number of anilines is 1. The topological polar surface area (TPSA) is 38.3 Å². The molecule has 3 nitrogen and oxygen atoms in total. The molecule has 1 amide bonds. The molecule has 1 aromatic carbocycles. The first kappa shape index (κ1) is 13.4. The van der Waals surface area contributed by atoms with E-state index in [2.05, 4.69) is 5.32 Å². The Morgan fingerprint density at radius 1 is 1.44 bits per heavy atom. The molecular formula is C14H18ClNO2. The number of carbonyl (C=O) groups excluding carboxylic acids is 1. The van der Waals surface area contributed by atoms with Gasteiger partial charge in [0.2, 0.25) is 0 Å². The molecule has 2 unspecified atom stereocenters. The Hall–Kier alpha value is -1.06. The summed E-state index contributed by atoms with van der Waals surface area (Å²) in [5.41, 5.74) is 1.71. The molecule has 2 rings (SSSR count). The van der Waals surface area contributed by atoms with Crippen LogP contribution < -0.4 is 5.32 Å². The molecule has 1 heterocycles. The zero-order valence-electron chi connectivity index (χ0n) is 10.5. The van der Waals surface area contributed by atoms with Crippen LogP contribution in [0.3, 0.4) is 0 Å². The van der Waals surface area contributed by atoms with Gasteiger partial charge < -0.3 is 10.1 Å². The average Bonchev–Trinajstić information content (AvgIpc) is 2.40. The number of hydrogen-bond donors (Lipinski definition) is 1. The van der Waals surface area contributed by atoms with E-state index in [4.69, 9.17) is 16.3 Å². The maximum atomic E-state index is 12.1. The van der Waals surface area contributed by atoms with Crippen LogP contribution in [0.2, 0.25) is 0 Å². The molecule has 1 fully saturated rings. The number of nitrogens with one attached hydrogen (secondary N) is 1. The standard InChI is InChI=1S/C14H18ClNO2/c1-10(15)11-6-2-3-7-12(11)16-14(17)13-8-4-5-9-18-13/h2-3,6-7,10,13H,4-5,8-9H2,1H3,(H,16,17). The molecule has 1 aliphatic rings.